The predicted molar refractivity (Wildman–Crippen MR) is 74.2 cm³/mol. The van der Waals surface area contributed by atoms with Gasteiger partial charge in [0.25, 0.3) is 5.91 Å². The second kappa shape index (κ2) is 6.02. The minimum Gasteiger partial charge on any atom is -0.394 e. The number of carbonyl (C=O) groups is 1. The number of nitrogens with one attached hydrogen (secondary N) is 2. The number of anilines is 1. The summed E-state index contributed by atoms with van der Waals surface area (Å²) in [7, 11) is 1.58. The SMILES string of the molecule is CNC(=O)c1cc(NC2(CO)CCCCC2)ccn1. The van der Waals surface area contributed by atoms with Crippen LogP contribution in [0, 0.1) is 0 Å². The van der Waals surface area contributed by atoms with Crippen molar-refractivity contribution < 1.29 is 9.90 Å². The van der Waals surface area contributed by atoms with Gasteiger partial charge in [-0.05, 0) is 25.0 Å². The Bertz CT molecular complexity index is 442. The molecule has 3 N–H and O–H groups in total. The lowest BCUT2D eigenvalue weighted by Crippen LogP contribution is -2.43. The molecule has 1 amide bonds. The highest BCUT2D eigenvalue weighted by Crippen LogP contribution is 2.31. The van der Waals surface area contributed by atoms with Gasteiger partial charge in [0, 0.05) is 18.9 Å². The van der Waals surface area contributed by atoms with Crippen LogP contribution in [0.15, 0.2) is 18.3 Å². The zero-order valence-corrected chi connectivity index (χ0v) is 11.3. The molecular formula is C14H21N3O2. The summed E-state index contributed by atoms with van der Waals surface area (Å²) in [4.78, 5) is 15.6. The fourth-order valence-corrected chi connectivity index (χ4v) is 2.62. The summed E-state index contributed by atoms with van der Waals surface area (Å²) in [5, 5.41) is 15.6. The fourth-order valence-electron chi connectivity index (χ4n) is 2.62. The van der Waals surface area contributed by atoms with Crippen molar-refractivity contribution in [2.75, 3.05) is 19.0 Å². The maximum absolute atomic E-state index is 11.6. The number of aliphatic hydroxyl groups is 1. The first-order chi connectivity index (χ1) is 9.19. The molecule has 1 aliphatic carbocycles. The molecule has 0 spiro atoms. The van der Waals surface area contributed by atoms with Crippen LogP contribution in [0.1, 0.15) is 42.6 Å². The number of nitrogens with zero attached hydrogens (tertiary/aromatic N) is 1. The quantitative estimate of drug-likeness (QED) is 0.770. The van der Waals surface area contributed by atoms with E-state index in [0.29, 0.717) is 5.69 Å². The second-order valence-electron chi connectivity index (χ2n) is 5.13. The lowest BCUT2D eigenvalue weighted by atomic mass is 9.82. The van der Waals surface area contributed by atoms with Gasteiger partial charge in [-0.1, -0.05) is 19.3 Å². The van der Waals surface area contributed by atoms with Gasteiger partial charge in [0.15, 0.2) is 0 Å². The van der Waals surface area contributed by atoms with Crippen LogP contribution >= 0.6 is 0 Å². The highest BCUT2D eigenvalue weighted by molar-refractivity contribution is 5.92. The number of aromatic nitrogens is 1. The fraction of sp³-hybridized carbons (Fsp3) is 0.571. The van der Waals surface area contributed by atoms with E-state index in [1.54, 1.807) is 19.3 Å². The molecule has 0 unspecified atom stereocenters. The molecule has 5 heteroatoms. The van der Waals surface area contributed by atoms with E-state index >= 15 is 0 Å². The van der Waals surface area contributed by atoms with E-state index in [9.17, 15) is 9.90 Å². The van der Waals surface area contributed by atoms with E-state index in [1.165, 1.54) is 6.42 Å². The number of amides is 1. The van der Waals surface area contributed by atoms with Crippen molar-refractivity contribution in [1.82, 2.24) is 10.3 Å². The molecule has 1 heterocycles. The maximum Gasteiger partial charge on any atom is 0.269 e. The second-order valence-corrected chi connectivity index (χ2v) is 5.13. The standard InChI is InChI=1S/C14H21N3O2/c1-15-13(19)12-9-11(5-8-16-12)17-14(10-18)6-3-2-4-7-14/h5,8-9,18H,2-4,6-7,10H2,1H3,(H,15,19)(H,16,17). The molecule has 104 valence electrons. The largest absolute Gasteiger partial charge is 0.394 e. The number of hydrogen-bond donors (Lipinski definition) is 3. The van der Waals surface area contributed by atoms with Crippen LogP contribution in [0.25, 0.3) is 0 Å². The van der Waals surface area contributed by atoms with Crippen molar-refractivity contribution in [1.29, 1.82) is 0 Å². The van der Waals surface area contributed by atoms with Crippen LogP contribution in [0.5, 0.6) is 0 Å². The topological polar surface area (TPSA) is 74.2 Å². The zero-order valence-electron chi connectivity index (χ0n) is 11.3. The summed E-state index contributed by atoms with van der Waals surface area (Å²) in [6, 6.07) is 3.56. The van der Waals surface area contributed by atoms with Gasteiger partial charge in [0.05, 0.1) is 12.1 Å². The molecule has 0 radical (unpaired) electrons. The molecule has 5 nitrogen and oxygen atoms in total. The third kappa shape index (κ3) is 3.23. The molecule has 2 rings (SSSR count). The van der Waals surface area contributed by atoms with Gasteiger partial charge < -0.3 is 15.7 Å². The molecule has 1 aromatic heterocycles. The monoisotopic (exact) mass is 263 g/mol. The molecule has 0 saturated heterocycles. The molecule has 0 aliphatic heterocycles. The van der Waals surface area contributed by atoms with E-state index in [1.807, 2.05) is 6.07 Å². The van der Waals surface area contributed by atoms with Crippen LogP contribution in [0.4, 0.5) is 5.69 Å². The summed E-state index contributed by atoms with van der Waals surface area (Å²) in [5.74, 6) is -0.203. The molecule has 0 bridgehead atoms. The smallest absolute Gasteiger partial charge is 0.269 e. The Balaban J connectivity index is 2.15. The zero-order chi connectivity index (χ0) is 13.7. The Hall–Kier alpha value is -1.62. The third-order valence-electron chi connectivity index (χ3n) is 3.74. The molecule has 1 aromatic rings. The minimum atomic E-state index is -0.250. The average molecular weight is 263 g/mol. The van der Waals surface area contributed by atoms with Crippen LogP contribution < -0.4 is 10.6 Å². The van der Waals surface area contributed by atoms with Crippen molar-refractivity contribution in [3.8, 4) is 0 Å². The Morgan fingerprint density at radius 2 is 2.16 bits per heavy atom. The van der Waals surface area contributed by atoms with Crippen molar-refractivity contribution in [2.24, 2.45) is 0 Å². The lowest BCUT2D eigenvalue weighted by molar-refractivity contribution is 0.0958. The maximum atomic E-state index is 11.6. The summed E-state index contributed by atoms with van der Waals surface area (Å²) < 4.78 is 0. The van der Waals surface area contributed by atoms with Gasteiger partial charge in [-0.3, -0.25) is 9.78 Å². The molecule has 19 heavy (non-hydrogen) atoms. The van der Waals surface area contributed by atoms with E-state index in [-0.39, 0.29) is 18.1 Å². The van der Waals surface area contributed by atoms with Crippen molar-refractivity contribution in [3.63, 3.8) is 0 Å². The molecule has 0 atom stereocenters. The predicted octanol–water partition coefficient (Wildman–Crippen LogP) is 1.55. The Kier molecular flexibility index (Phi) is 4.37. The molecule has 1 fully saturated rings. The number of aliphatic hydroxyl groups excluding tert-OH is 1. The summed E-state index contributed by atoms with van der Waals surface area (Å²) in [6.07, 6.45) is 7.01. The van der Waals surface area contributed by atoms with Crippen LogP contribution in [-0.4, -0.2) is 35.2 Å². The number of hydrogen-bond acceptors (Lipinski definition) is 4. The first kappa shape index (κ1) is 13.8. The summed E-state index contributed by atoms with van der Waals surface area (Å²) >= 11 is 0. The molecule has 1 aliphatic rings. The van der Waals surface area contributed by atoms with Crippen molar-refractivity contribution in [3.05, 3.63) is 24.0 Å². The summed E-state index contributed by atoms with van der Waals surface area (Å²) in [5.41, 5.74) is 0.973. The molecule has 0 aromatic carbocycles. The van der Waals surface area contributed by atoms with Gasteiger partial charge in [-0.2, -0.15) is 0 Å². The highest BCUT2D eigenvalue weighted by Gasteiger charge is 2.31. The number of rotatable bonds is 4. The Morgan fingerprint density at radius 3 is 2.79 bits per heavy atom. The first-order valence-corrected chi connectivity index (χ1v) is 6.76. The van der Waals surface area contributed by atoms with Crippen LogP contribution in [0.2, 0.25) is 0 Å². The molecule has 1 saturated carbocycles. The van der Waals surface area contributed by atoms with Gasteiger partial charge >= 0.3 is 0 Å². The van der Waals surface area contributed by atoms with E-state index in [0.717, 1.165) is 31.4 Å². The van der Waals surface area contributed by atoms with Crippen LogP contribution in [0.3, 0.4) is 0 Å². The van der Waals surface area contributed by atoms with Crippen molar-refractivity contribution in [2.45, 2.75) is 37.6 Å². The first-order valence-electron chi connectivity index (χ1n) is 6.76. The van der Waals surface area contributed by atoms with Gasteiger partial charge in [0.2, 0.25) is 0 Å². The Labute approximate surface area is 113 Å². The Morgan fingerprint density at radius 1 is 1.42 bits per heavy atom. The number of carbonyl (C=O) groups excluding carboxylic acids is 1. The van der Waals surface area contributed by atoms with Gasteiger partial charge in [0.1, 0.15) is 5.69 Å². The number of pyridine rings is 1. The van der Waals surface area contributed by atoms with Crippen molar-refractivity contribution >= 4 is 11.6 Å². The van der Waals surface area contributed by atoms with E-state index in [2.05, 4.69) is 15.6 Å². The average Bonchev–Trinajstić information content (AvgIpc) is 2.47. The third-order valence-corrected chi connectivity index (χ3v) is 3.74. The normalized spacial score (nSPS) is 17.8. The van der Waals surface area contributed by atoms with E-state index < -0.39 is 0 Å². The van der Waals surface area contributed by atoms with Gasteiger partial charge in [-0.15, -0.1) is 0 Å². The summed E-state index contributed by atoms with van der Waals surface area (Å²) in [6.45, 7) is 0.116. The van der Waals surface area contributed by atoms with E-state index in [4.69, 9.17) is 0 Å². The van der Waals surface area contributed by atoms with Gasteiger partial charge in [-0.25, -0.2) is 0 Å². The minimum absolute atomic E-state index is 0.116. The lowest BCUT2D eigenvalue weighted by Gasteiger charge is -2.37. The highest BCUT2D eigenvalue weighted by atomic mass is 16.3. The van der Waals surface area contributed by atoms with Crippen LogP contribution in [-0.2, 0) is 0 Å². The molecular weight excluding hydrogens is 242 g/mol.